The normalized spacial score (nSPS) is 9.67. The van der Waals surface area contributed by atoms with Gasteiger partial charge in [0.25, 0.3) is 0 Å². The maximum atomic E-state index is 11.5. The first kappa shape index (κ1) is 11.4. The van der Waals surface area contributed by atoms with E-state index < -0.39 is 0 Å². The standard InChI is InChI=1S/C11H14N2O2/c1-3-4-5-6-10(14)9-7-8-11(15-2)13-12-9/h3,7-8H,1,4-6H2,2H3. The fraction of sp³-hybridized carbons (Fsp3) is 0.364. The predicted molar refractivity (Wildman–Crippen MR) is 57.0 cm³/mol. The lowest BCUT2D eigenvalue weighted by Gasteiger charge is -1.99. The molecule has 0 amide bonds. The highest BCUT2D eigenvalue weighted by molar-refractivity contribution is 5.93. The van der Waals surface area contributed by atoms with Crippen LogP contribution in [0.15, 0.2) is 24.8 Å². The number of ketones is 1. The van der Waals surface area contributed by atoms with Crippen molar-refractivity contribution < 1.29 is 9.53 Å². The summed E-state index contributed by atoms with van der Waals surface area (Å²) >= 11 is 0. The van der Waals surface area contributed by atoms with Gasteiger partial charge in [0.1, 0.15) is 5.69 Å². The number of Topliss-reactive ketones (excluding diaryl/α,β-unsaturated/α-hetero) is 1. The second-order valence-corrected chi connectivity index (χ2v) is 3.07. The molecule has 0 unspecified atom stereocenters. The molecule has 0 N–H and O–H groups in total. The van der Waals surface area contributed by atoms with Gasteiger partial charge < -0.3 is 4.74 Å². The van der Waals surface area contributed by atoms with Crippen LogP contribution in [0, 0.1) is 0 Å². The van der Waals surface area contributed by atoms with Gasteiger partial charge in [-0.25, -0.2) is 0 Å². The number of methoxy groups -OCH3 is 1. The summed E-state index contributed by atoms with van der Waals surface area (Å²) in [4.78, 5) is 11.5. The topological polar surface area (TPSA) is 52.1 Å². The van der Waals surface area contributed by atoms with Crippen LogP contribution in [0.4, 0.5) is 0 Å². The fourth-order valence-electron chi connectivity index (χ4n) is 1.11. The summed E-state index contributed by atoms with van der Waals surface area (Å²) in [5, 5.41) is 7.51. The van der Waals surface area contributed by atoms with E-state index in [0.717, 1.165) is 12.8 Å². The van der Waals surface area contributed by atoms with Crippen LogP contribution in [0.1, 0.15) is 29.8 Å². The van der Waals surface area contributed by atoms with Gasteiger partial charge in [-0.3, -0.25) is 4.79 Å². The molecule has 4 heteroatoms. The molecular weight excluding hydrogens is 192 g/mol. The molecule has 80 valence electrons. The Bertz CT molecular complexity index is 333. The van der Waals surface area contributed by atoms with Crippen molar-refractivity contribution in [1.29, 1.82) is 0 Å². The van der Waals surface area contributed by atoms with Crippen LogP contribution < -0.4 is 4.74 Å². The summed E-state index contributed by atoms with van der Waals surface area (Å²) in [6, 6.07) is 3.26. The smallest absolute Gasteiger partial charge is 0.233 e. The van der Waals surface area contributed by atoms with Gasteiger partial charge in [0.05, 0.1) is 7.11 Å². The Morgan fingerprint density at radius 1 is 1.53 bits per heavy atom. The first-order valence-corrected chi connectivity index (χ1v) is 4.79. The zero-order valence-corrected chi connectivity index (χ0v) is 8.77. The lowest BCUT2D eigenvalue weighted by Crippen LogP contribution is -2.03. The van der Waals surface area contributed by atoms with Crippen molar-refractivity contribution in [3.05, 3.63) is 30.5 Å². The largest absolute Gasteiger partial charge is 0.480 e. The van der Waals surface area contributed by atoms with Gasteiger partial charge in [0, 0.05) is 12.5 Å². The molecule has 0 aliphatic carbocycles. The molecule has 0 radical (unpaired) electrons. The van der Waals surface area contributed by atoms with Gasteiger partial charge in [-0.15, -0.1) is 16.8 Å². The molecule has 4 nitrogen and oxygen atoms in total. The summed E-state index contributed by atoms with van der Waals surface area (Å²) in [6.45, 7) is 3.60. The van der Waals surface area contributed by atoms with Crippen molar-refractivity contribution in [2.24, 2.45) is 0 Å². The van der Waals surface area contributed by atoms with Gasteiger partial charge in [-0.05, 0) is 18.9 Å². The van der Waals surface area contributed by atoms with Crippen molar-refractivity contribution in [1.82, 2.24) is 10.2 Å². The summed E-state index contributed by atoms with van der Waals surface area (Å²) in [6.07, 6.45) is 3.92. The van der Waals surface area contributed by atoms with Gasteiger partial charge in [-0.1, -0.05) is 6.08 Å². The van der Waals surface area contributed by atoms with E-state index in [1.54, 1.807) is 18.2 Å². The Labute approximate surface area is 89.0 Å². The molecule has 0 saturated carbocycles. The van der Waals surface area contributed by atoms with Gasteiger partial charge >= 0.3 is 0 Å². The number of ether oxygens (including phenoxy) is 1. The van der Waals surface area contributed by atoms with Gasteiger partial charge in [0.2, 0.25) is 5.88 Å². The fourth-order valence-corrected chi connectivity index (χ4v) is 1.11. The van der Waals surface area contributed by atoms with Crippen LogP contribution in [0.5, 0.6) is 5.88 Å². The molecule has 0 bridgehead atoms. The van der Waals surface area contributed by atoms with Crippen LogP contribution in [-0.2, 0) is 0 Å². The highest BCUT2D eigenvalue weighted by Crippen LogP contribution is 2.07. The molecule has 1 aromatic rings. The van der Waals surface area contributed by atoms with Crippen molar-refractivity contribution in [2.45, 2.75) is 19.3 Å². The minimum atomic E-state index is 0.00648. The number of hydrogen-bond acceptors (Lipinski definition) is 4. The number of unbranched alkanes of at least 4 members (excludes halogenated alkanes) is 1. The number of aromatic nitrogens is 2. The van der Waals surface area contributed by atoms with Gasteiger partial charge in [0.15, 0.2) is 5.78 Å². The first-order valence-electron chi connectivity index (χ1n) is 4.79. The lowest BCUT2D eigenvalue weighted by molar-refractivity contribution is 0.0974. The zero-order chi connectivity index (χ0) is 11.1. The number of carbonyl (C=O) groups is 1. The van der Waals surface area contributed by atoms with Crippen LogP contribution in [-0.4, -0.2) is 23.1 Å². The summed E-state index contributed by atoms with van der Waals surface area (Å²) < 4.78 is 4.85. The molecule has 0 saturated heterocycles. The quantitative estimate of drug-likeness (QED) is 0.406. The molecule has 0 spiro atoms. The van der Waals surface area contributed by atoms with E-state index in [4.69, 9.17) is 4.74 Å². The molecule has 0 aliphatic heterocycles. The number of rotatable bonds is 6. The van der Waals surface area contributed by atoms with E-state index in [1.807, 2.05) is 0 Å². The van der Waals surface area contributed by atoms with E-state index >= 15 is 0 Å². The molecule has 0 fully saturated rings. The minimum absolute atomic E-state index is 0.00648. The van der Waals surface area contributed by atoms with E-state index in [0.29, 0.717) is 18.0 Å². The molecule has 0 aliphatic rings. The molecule has 1 rings (SSSR count). The Balaban J connectivity index is 2.54. The number of allylic oxidation sites excluding steroid dienone is 1. The van der Waals surface area contributed by atoms with E-state index in [1.165, 1.54) is 7.11 Å². The Hall–Kier alpha value is -1.71. The van der Waals surface area contributed by atoms with E-state index in [2.05, 4.69) is 16.8 Å². The third-order valence-corrected chi connectivity index (χ3v) is 1.95. The Morgan fingerprint density at radius 3 is 2.87 bits per heavy atom. The first-order chi connectivity index (χ1) is 7.27. The number of hydrogen-bond donors (Lipinski definition) is 0. The minimum Gasteiger partial charge on any atom is -0.480 e. The summed E-state index contributed by atoms with van der Waals surface area (Å²) in [5.41, 5.74) is 0.389. The molecule has 15 heavy (non-hydrogen) atoms. The Morgan fingerprint density at radius 2 is 2.33 bits per heavy atom. The van der Waals surface area contributed by atoms with Crippen molar-refractivity contribution in [3.63, 3.8) is 0 Å². The number of nitrogens with zero attached hydrogens (tertiary/aromatic N) is 2. The second kappa shape index (κ2) is 5.90. The monoisotopic (exact) mass is 206 g/mol. The van der Waals surface area contributed by atoms with Crippen molar-refractivity contribution in [3.8, 4) is 5.88 Å². The molecular formula is C11H14N2O2. The van der Waals surface area contributed by atoms with Gasteiger partial charge in [-0.2, -0.15) is 0 Å². The van der Waals surface area contributed by atoms with E-state index in [-0.39, 0.29) is 5.78 Å². The summed E-state index contributed by atoms with van der Waals surface area (Å²) in [7, 11) is 1.51. The zero-order valence-electron chi connectivity index (χ0n) is 8.77. The third kappa shape index (κ3) is 3.50. The van der Waals surface area contributed by atoms with Crippen LogP contribution in [0.2, 0.25) is 0 Å². The molecule has 0 aromatic carbocycles. The lowest BCUT2D eigenvalue weighted by atomic mass is 10.1. The molecule has 1 aromatic heterocycles. The summed E-state index contributed by atoms with van der Waals surface area (Å²) in [5.74, 6) is 0.421. The maximum Gasteiger partial charge on any atom is 0.233 e. The third-order valence-electron chi connectivity index (χ3n) is 1.95. The van der Waals surface area contributed by atoms with Crippen molar-refractivity contribution in [2.75, 3.05) is 7.11 Å². The van der Waals surface area contributed by atoms with Crippen LogP contribution in [0.3, 0.4) is 0 Å². The number of carbonyl (C=O) groups excluding carboxylic acids is 1. The second-order valence-electron chi connectivity index (χ2n) is 3.07. The average Bonchev–Trinajstić information content (AvgIpc) is 2.29. The highest BCUT2D eigenvalue weighted by Gasteiger charge is 2.07. The van der Waals surface area contributed by atoms with Crippen LogP contribution in [0.25, 0.3) is 0 Å². The SMILES string of the molecule is C=CCCCC(=O)c1ccc(OC)nn1. The predicted octanol–water partition coefficient (Wildman–Crippen LogP) is 2.02. The van der Waals surface area contributed by atoms with Crippen LogP contribution >= 0.6 is 0 Å². The van der Waals surface area contributed by atoms with E-state index in [9.17, 15) is 4.79 Å². The molecule has 1 heterocycles. The average molecular weight is 206 g/mol. The highest BCUT2D eigenvalue weighted by atomic mass is 16.5. The van der Waals surface area contributed by atoms with Crippen molar-refractivity contribution >= 4 is 5.78 Å². The Kier molecular flexibility index (Phi) is 4.47. The maximum absolute atomic E-state index is 11.5. The molecule has 0 atom stereocenters.